The molecule has 2 unspecified atom stereocenters. The van der Waals surface area contributed by atoms with E-state index in [0.29, 0.717) is 35.4 Å². The molecule has 5 rings (SSSR count). The number of nitrogens with zero attached hydrogens (tertiary/aromatic N) is 1. The summed E-state index contributed by atoms with van der Waals surface area (Å²) in [6.07, 6.45) is 5.01. The fraction of sp³-hybridized carbons (Fsp3) is 0.588. The van der Waals surface area contributed by atoms with Crippen LogP contribution in [-0.4, -0.2) is 52.2 Å². The van der Waals surface area contributed by atoms with Gasteiger partial charge in [-0.25, -0.2) is 0 Å². The molecule has 0 radical (unpaired) electrons. The third-order valence-electron chi connectivity index (χ3n) is 9.06. The van der Waals surface area contributed by atoms with Crippen molar-refractivity contribution in [1.29, 1.82) is 0 Å². The van der Waals surface area contributed by atoms with E-state index in [0.717, 1.165) is 36.2 Å². The summed E-state index contributed by atoms with van der Waals surface area (Å²) in [6.45, 7) is 9.19. The zero-order chi connectivity index (χ0) is 29.9. The van der Waals surface area contributed by atoms with Crippen molar-refractivity contribution in [3.8, 4) is 0 Å². The molecule has 3 fully saturated rings. The van der Waals surface area contributed by atoms with E-state index in [9.17, 15) is 14.7 Å². The van der Waals surface area contributed by atoms with Gasteiger partial charge in [-0.05, 0) is 66.2 Å². The second-order valence-electron chi connectivity index (χ2n) is 13.8. The lowest BCUT2D eigenvalue weighted by Crippen LogP contribution is -2.42. The van der Waals surface area contributed by atoms with Crippen molar-refractivity contribution in [3.05, 3.63) is 65.2 Å². The topological polar surface area (TPSA) is 108 Å². The Balaban J connectivity index is 1.30. The molecule has 42 heavy (non-hydrogen) atoms. The first-order valence-corrected chi connectivity index (χ1v) is 15.4. The number of anilines is 1. The van der Waals surface area contributed by atoms with Crippen LogP contribution in [-0.2, 0) is 25.7 Å². The highest BCUT2D eigenvalue weighted by Gasteiger charge is 2.50. The van der Waals surface area contributed by atoms with Crippen molar-refractivity contribution in [2.45, 2.75) is 103 Å². The highest BCUT2D eigenvalue weighted by Crippen LogP contribution is 2.53. The Kier molecular flexibility index (Phi) is 9.38. The van der Waals surface area contributed by atoms with Gasteiger partial charge in [0, 0.05) is 49.6 Å². The molecule has 2 heterocycles. The molecule has 2 aliphatic heterocycles. The Morgan fingerprint density at radius 1 is 1.00 bits per heavy atom. The predicted molar refractivity (Wildman–Crippen MR) is 161 cm³/mol. The second-order valence-corrected chi connectivity index (χ2v) is 13.8. The summed E-state index contributed by atoms with van der Waals surface area (Å²) in [5, 5.41) is 21.3. The van der Waals surface area contributed by atoms with Crippen LogP contribution in [0.2, 0.25) is 0 Å². The van der Waals surface area contributed by atoms with Crippen molar-refractivity contribution in [3.63, 3.8) is 0 Å². The number of aliphatic carboxylic acids is 1. The molecule has 1 amide bonds. The Morgan fingerprint density at radius 3 is 2.50 bits per heavy atom. The number of carbonyl (C=O) groups is 2. The zero-order valence-electron chi connectivity index (χ0n) is 25.2. The molecule has 2 bridgehead atoms. The lowest BCUT2D eigenvalue weighted by atomic mass is 9.65. The largest absolute Gasteiger partial charge is 0.481 e. The summed E-state index contributed by atoms with van der Waals surface area (Å²) >= 11 is 0. The standard InChI is InChI=1S/C34H46N2O6/c1-33(2)17-27-18-34(3,21-33)22-36(27)19-28-16-29(24-13-11-23(20-37)12-14-24)42-32(41-28)25-7-6-8-26(15-25)35-30(38)9-4-5-10-31(39)40/h6-8,11-15,27-29,32,37H,4-5,9-10,16-22H2,1-3H3,(H,35,38)(H,39,40)/t27?,28-,29+,32+,34?/m0/s1. The van der Waals surface area contributed by atoms with E-state index in [1.807, 2.05) is 48.5 Å². The average Bonchev–Trinajstić information content (AvgIpc) is 3.18. The van der Waals surface area contributed by atoms with Gasteiger partial charge in [0.2, 0.25) is 5.91 Å². The Labute approximate surface area is 249 Å². The molecular formula is C34H46N2O6. The van der Waals surface area contributed by atoms with E-state index in [-0.39, 0.29) is 37.6 Å². The van der Waals surface area contributed by atoms with Gasteiger partial charge >= 0.3 is 5.97 Å². The number of rotatable bonds is 11. The number of aliphatic hydroxyl groups excluding tert-OH is 1. The molecule has 8 nitrogen and oxygen atoms in total. The number of aliphatic hydroxyl groups is 1. The number of benzene rings is 2. The monoisotopic (exact) mass is 578 g/mol. The first-order chi connectivity index (χ1) is 20.0. The fourth-order valence-corrected chi connectivity index (χ4v) is 7.63. The number of carbonyl (C=O) groups excluding carboxylic acids is 1. The number of likely N-dealkylation sites (tertiary alicyclic amines) is 1. The summed E-state index contributed by atoms with van der Waals surface area (Å²) in [6, 6.07) is 16.1. The summed E-state index contributed by atoms with van der Waals surface area (Å²) in [7, 11) is 0. The van der Waals surface area contributed by atoms with Crippen molar-refractivity contribution in [2.75, 3.05) is 18.4 Å². The molecule has 1 aliphatic carbocycles. The maximum Gasteiger partial charge on any atom is 0.303 e. The maximum absolute atomic E-state index is 12.5. The highest BCUT2D eigenvalue weighted by atomic mass is 16.7. The number of ether oxygens (including phenoxy) is 2. The molecular weight excluding hydrogens is 532 g/mol. The molecule has 2 saturated heterocycles. The summed E-state index contributed by atoms with van der Waals surface area (Å²) in [5.74, 6) is -0.985. The van der Waals surface area contributed by atoms with Gasteiger partial charge in [0.25, 0.3) is 0 Å². The van der Waals surface area contributed by atoms with Crippen molar-refractivity contribution < 1.29 is 29.3 Å². The van der Waals surface area contributed by atoms with E-state index in [2.05, 4.69) is 31.0 Å². The predicted octanol–water partition coefficient (Wildman–Crippen LogP) is 6.21. The lowest BCUT2D eigenvalue weighted by Gasteiger charge is -2.41. The molecule has 0 aromatic heterocycles. The van der Waals surface area contributed by atoms with Crippen LogP contribution in [0.5, 0.6) is 0 Å². The number of unbranched alkanes of at least 4 members (excludes halogenated alkanes) is 1. The normalized spacial score (nSPS) is 28.9. The SMILES string of the molecule is CC1(C)CC2CC(C)(CN2C[C@@H]2C[C@H](c3ccc(CO)cc3)O[C@H](c3cccc(NC(=O)CCCCC(=O)O)c3)O2)C1. The first kappa shape index (κ1) is 30.7. The smallest absolute Gasteiger partial charge is 0.303 e. The number of nitrogens with one attached hydrogen (secondary N) is 1. The lowest BCUT2D eigenvalue weighted by molar-refractivity contribution is -0.253. The van der Waals surface area contributed by atoms with Gasteiger partial charge in [-0.3, -0.25) is 14.5 Å². The maximum atomic E-state index is 12.5. The second kappa shape index (κ2) is 12.8. The van der Waals surface area contributed by atoms with Crippen LogP contribution in [0.25, 0.3) is 0 Å². The first-order valence-electron chi connectivity index (χ1n) is 15.4. The molecule has 228 valence electrons. The highest BCUT2D eigenvalue weighted by molar-refractivity contribution is 5.90. The molecule has 3 aliphatic rings. The minimum atomic E-state index is -0.845. The van der Waals surface area contributed by atoms with Crippen LogP contribution in [0.1, 0.15) is 101 Å². The molecule has 0 spiro atoms. The van der Waals surface area contributed by atoms with E-state index in [4.69, 9.17) is 14.6 Å². The van der Waals surface area contributed by atoms with E-state index in [1.54, 1.807) is 0 Å². The van der Waals surface area contributed by atoms with Crippen molar-refractivity contribution >= 4 is 17.6 Å². The van der Waals surface area contributed by atoms with Gasteiger partial charge < -0.3 is 25.0 Å². The van der Waals surface area contributed by atoms with Crippen LogP contribution < -0.4 is 5.32 Å². The number of fused-ring (bicyclic) bond motifs is 2. The third kappa shape index (κ3) is 7.78. The molecule has 1 saturated carbocycles. The van der Waals surface area contributed by atoms with Gasteiger partial charge in [0.1, 0.15) is 0 Å². The fourth-order valence-electron chi connectivity index (χ4n) is 7.63. The number of carboxylic acid groups (broad SMARTS) is 1. The van der Waals surface area contributed by atoms with Gasteiger partial charge in [0.15, 0.2) is 6.29 Å². The Hall–Kier alpha value is -2.78. The molecule has 5 atom stereocenters. The van der Waals surface area contributed by atoms with Crippen LogP contribution in [0.3, 0.4) is 0 Å². The number of carboxylic acids is 1. The quantitative estimate of drug-likeness (QED) is 0.272. The van der Waals surface area contributed by atoms with Crippen molar-refractivity contribution in [2.24, 2.45) is 10.8 Å². The third-order valence-corrected chi connectivity index (χ3v) is 9.06. The number of amides is 1. The van der Waals surface area contributed by atoms with Gasteiger partial charge in [-0.1, -0.05) is 57.2 Å². The Bertz CT molecular complexity index is 1250. The minimum Gasteiger partial charge on any atom is -0.481 e. The van der Waals surface area contributed by atoms with E-state index in [1.165, 1.54) is 19.3 Å². The van der Waals surface area contributed by atoms with Crippen LogP contribution in [0.15, 0.2) is 48.5 Å². The van der Waals surface area contributed by atoms with Gasteiger partial charge in [0.05, 0.1) is 18.8 Å². The van der Waals surface area contributed by atoms with Gasteiger partial charge in [-0.15, -0.1) is 0 Å². The summed E-state index contributed by atoms with van der Waals surface area (Å²) < 4.78 is 13.2. The number of hydrogen-bond donors (Lipinski definition) is 3. The summed E-state index contributed by atoms with van der Waals surface area (Å²) in [4.78, 5) is 25.9. The molecule has 2 aromatic rings. The minimum absolute atomic E-state index is 0.00367. The number of hydrogen-bond acceptors (Lipinski definition) is 6. The molecule has 8 heteroatoms. The zero-order valence-corrected chi connectivity index (χ0v) is 25.2. The van der Waals surface area contributed by atoms with E-state index < -0.39 is 12.3 Å². The van der Waals surface area contributed by atoms with Crippen LogP contribution >= 0.6 is 0 Å². The average molecular weight is 579 g/mol. The van der Waals surface area contributed by atoms with Crippen molar-refractivity contribution in [1.82, 2.24) is 4.90 Å². The Morgan fingerprint density at radius 2 is 1.76 bits per heavy atom. The summed E-state index contributed by atoms with van der Waals surface area (Å²) in [5.41, 5.74) is 4.13. The van der Waals surface area contributed by atoms with Crippen LogP contribution in [0, 0.1) is 10.8 Å². The van der Waals surface area contributed by atoms with E-state index >= 15 is 0 Å². The van der Waals surface area contributed by atoms with Crippen LogP contribution in [0.4, 0.5) is 5.69 Å². The molecule has 2 aromatic carbocycles. The molecule has 3 N–H and O–H groups in total. The van der Waals surface area contributed by atoms with Gasteiger partial charge in [-0.2, -0.15) is 0 Å².